The van der Waals surface area contributed by atoms with Crippen molar-refractivity contribution in [2.24, 2.45) is 5.92 Å². The SMILES string of the molecule is CC(=O)N1CCC(N2CCN(Cc3ccccc3)C(C(C)C)C2)CC1. The molecule has 2 aliphatic heterocycles. The van der Waals surface area contributed by atoms with Gasteiger partial charge in [-0.25, -0.2) is 0 Å². The molecule has 0 saturated carbocycles. The van der Waals surface area contributed by atoms with Crippen LogP contribution in [0, 0.1) is 5.92 Å². The Morgan fingerprint density at radius 3 is 2.36 bits per heavy atom. The molecule has 1 atom stereocenters. The first kappa shape index (κ1) is 18.4. The van der Waals surface area contributed by atoms with Crippen molar-refractivity contribution in [3.63, 3.8) is 0 Å². The van der Waals surface area contributed by atoms with Crippen molar-refractivity contribution >= 4 is 5.91 Å². The van der Waals surface area contributed by atoms with Crippen LogP contribution in [0.15, 0.2) is 30.3 Å². The maximum Gasteiger partial charge on any atom is 0.219 e. The number of benzene rings is 1. The monoisotopic (exact) mass is 343 g/mol. The molecule has 3 rings (SSSR count). The minimum atomic E-state index is 0.228. The largest absolute Gasteiger partial charge is 0.343 e. The Morgan fingerprint density at radius 1 is 1.08 bits per heavy atom. The fourth-order valence-electron chi connectivity index (χ4n) is 4.39. The number of amides is 1. The van der Waals surface area contributed by atoms with Crippen molar-refractivity contribution in [2.45, 2.75) is 52.2 Å². The lowest BCUT2D eigenvalue weighted by atomic mass is 9.95. The van der Waals surface area contributed by atoms with Crippen molar-refractivity contribution in [1.29, 1.82) is 0 Å². The summed E-state index contributed by atoms with van der Waals surface area (Å²) in [7, 11) is 0. The third kappa shape index (κ3) is 4.62. The molecule has 2 fully saturated rings. The Kier molecular flexibility index (Phi) is 6.13. The molecule has 0 bridgehead atoms. The smallest absolute Gasteiger partial charge is 0.219 e. The molecular weight excluding hydrogens is 310 g/mol. The molecule has 25 heavy (non-hydrogen) atoms. The van der Waals surface area contributed by atoms with E-state index in [1.54, 1.807) is 6.92 Å². The maximum absolute atomic E-state index is 11.5. The van der Waals surface area contributed by atoms with E-state index in [1.165, 1.54) is 5.56 Å². The Hall–Kier alpha value is -1.39. The first-order valence-electron chi connectivity index (χ1n) is 9.82. The molecule has 4 nitrogen and oxygen atoms in total. The van der Waals surface area contributed by atoms with Gasteiger partial charge in [0.25, 0.3) is 0 Å². The Bertz CT molecular complexity index is 552. The van der Waals surface area contributed by atoms with Gasteiger partial charge in [-0.3, -0.25) is 14.6 Å². The van der Waals surface area contributed by atoms with Gasteiger partial charge in [-0.15, -0.1) is 0 Å². The van der Waals surface area contributed by atoms with Crippen LogP contribution in [0.25, 0.3) is 0 Å². The van der Waals surface area contributed by atoms with E-state index in [2.05, 4.69) is 54.0 Å². The van der Waals surface area contributed by atoms with Crippen LogP contribution < -0.4 is 0 Å². The zero-order valence-electron chi connectivity index (χ0n) is 16.0. The van der Waals surface area contributed by atoms with Crippen LogP contribution >= 0.6 is 0 Å². The summed E-state index contributed by atoms with van der Waals surface area (Å²) >= 11 is 0. The van der Waals surface area contributed by atoms with Gasteiger partial charge in [0.05, 0.1) is 0 Å². The second-order valence-corrected chi connectivity index (χ2v) is 8.00. The molecule has 0 aromatic heterocycles. The van der Waals surface area contributed by atoms with Crippen LogP contribution in [0.1, 0.15) is 39.2 Å². The molecule has 1 amide bonds. The number of piperidine rings is 1. The summed E-state index contributed by atoms with van der Waals surface area (Å²) in [4.78, 5) is 18.9. The van der Waals surface area contributed by atoms with E-state index in [0.29, 0.717) is 18.0 Å². The van der Waals surface area contributed by atoms with Crippen LogP contribution in [-0.4, -0.2) is 65.4 Å². The second-order valence-electron chi connectivity index (χ2n) is 8.00. The molecule has 4 heteroatoms. The lowest BCUT2D eigenvalue weighted by Crippen LogP contribution is -2.58. The molecule has 0 N–H and O–H groups in total. The van der Waals surface area contributed by atoms with Crippen molar-refractivity contribution in [1.82, 2.24) is 14.7 Å². The van der Waals surface area contributed by atoms with Gasteiger partial charge in [0.2, 0.25) is 5.91 Å². The first-order valence-corrected chi connectivity index (χ1v) is 9.82. The van der Waals surface area contributed by atoms with Gasteiger partial charge in [0.1, 0.15) is 0 Å². The van der Waals surface area contributed by atoms with Crippen molar-refractivity contribution < 1.29 is 4.79 Å². The fraction of sp³-hybridized carbons (Fsp3) is 0.667. The number of likely N-dealkylation sites (tertiary alicyclic amines) is 1. The third-order valence-electron chi connectivity index (χ3n) is 5.99. The van der Waals surface area contributed by atoms with Crippen molar-refractivity contribution in [3.8, 4) is 0 Å². The van der Waals surface area contributed by atoms with Crippen LogP contribution in [0.3, 0.4) is 0 Å². The zero-order valence-corrected chi connectivity index (χ0v) is 16.0. The van der Waals surface area contributed by atoms with Crippen LogP contribution in [0.5, 0.6) is 0 Å². The normalized spacial score (nSPS) is 24.0. The Labute approximate surface area is 152 Å². The average Bonchev–Trinajstić information content (AvgIpc) is 2.63. The van der Waals surface area contributed by atoms with Crippen LogP contribution in [0.2, 0.25) is 0 Å². The lowest BCUT2D eigenvalue weighted by Gasteiger charge is -2.47. The Morgan fingerprint density at radius 2 is 1.76 bits per heavy atom. The molecule has 0 radical (unpaired) electrons. The van der Waals surface area contributed by atoms with Crippen LogP contribution in [0.4, 0.5) is 0 Å². The lowest BCUT2D eigenvalue weighted by molar-refractivity contribution is -0.130. The number of carbonyl (C=O) groups is 1. The summed E-state index contributed by atoms with van der Waals surface area (Å²) < 4.78 is 0. The van der Waals surface area contributed by atoms with E-state index in [1.807, 2.05) is 4.90 Å². The standard InChI is InChI=1S/C21H33N3O/c1-17(2)21-16-23(20-9-11-22(12-10-20)18(3)25)13-14-24(21)15-19-7-5-4-6-8-19/h4-8,17,20-21H,9-16H2,1-3H3. The predicted octanol–water partition coefficient (Wildman–Crippen LogP) is 2.84. The maximum atomic E-state index is 11.5. The topological polar surface area (TPSA) is 26.8 Å². The fourth-order valence-corrected chi connectivity index (χ4v) is 4.39. The quantitative estimate of drug-likeness (QED) is 0.841. The molecule has 1 unspecified atom stereocenters. The number of piperazine rings is 1. The molecule has 0 spiro atoms. The highest BCUT2D eigenvalue weighted by Crippen LogP contribution is 2.25. The van der Waals surface area contributed by atoms with E-state index < -0.39 is 0 Å². The summed E-state index contributed by atoms with van der Waals surface area (Å²) in [5, 5.41) is 0. The van der Waals surface area contributed by atoms with Gasteiger partial charge >= 0.3 is 0 Å². The van der Waals surface area contributed by atoms with Gasteiger partial charge < -0.3 is 4.90 Å². The first-order chi connectivity index (χ1) is 12.0. The van der Waals surface area contributed by atoms with Gasteiger partial charge in [0.15, 0.2) is 0 Å². The van der Waals surface area contributed by atoms with E-state index in [4.69, 9.17) is 0 Å². The van der Waals surface area contributed by atoms with Gasteiger partial charge in [0, 0.05) is 58.3 Å². The minimum Gasteiger partial charge on any atom is -0.343 e. The highest BCUT2D eigenvalue weighted by Gasteiger charge is 2.34. The summed E-state index contributed by atoms with van der Waals surface area (Å²) in [6.07, 6.45) is 2.26. The van der Waals surface area contributed by atoms with E-state index in [9.17, 15) is 4.79 Å². The zero-order chi connectivity index (χ0) is 17.8. The highest BCUT2D eigenvalue weighted by molar-refractivity contribution is 5.73. The number of nitrogens with zero attached hydrogens (tertiary/aromatic N) is 3. The third-order valence-corrected chi connectivity index (χ3v) is 5.99. The molecular formula is C21H33N3O. The summed E-state index contributed by atoms with van der Waals surface area (Å²) in [6.45, 7) is 12.8. The minimum absolute atomic E-state index is 0.228. The van der Waals surface area contributed by atoms with E-state index in [-0.39, 0.29) is 5.91 Å². The second kappa shape index (κ2) is 8.33. The molecule has 2 aliphatic rings. The highest BCUT2D eigenvalue weighted by atomic mass is 16.2. The van der Waals surface area contributed by atoms with Gasteiger partial charge in [-0.05, 0) is 24.3 Å². The van der Waals surface area contributed by atoms with Crippen molar-refractivity contribution in [2.75, 3.05) is 32.7 Å². The molecule has 0 aliphatic carbocycles. The van der Waals surface area contributed by atoms with Crippen LogP contribution in [-0.2, 0) is 11.3 Å². The average molecular weight is 344 g/mol. The molecule has 2 heterocycles. The number of carbonyl (C=O) groups excluding carboxylic acids is 1. The van der Waals surface area contributed by atoms with Gasteiger partial charge in [-0.2, -0.15) is 0 Å². The van der Waals surface area contributed by atoms with E-state index in [0.717, 1.165) is 52.1 Å². The molecule has 1 aromatic rings. The summed E-state index contributed by atoms with van der Waals surface area (Å²) in [5.41, 5.74) is 1.41. The van der Waals surface area contributed by atoms with E-state index >= 15 is 0 Å². The number of rotatable bonds is 4. The molecule has 1 aromatic carbocycles. The summed E-state index contributed by atoms with van der Waals surface area (Å²) in [6, 6.07) is 12.1. The number of hydrogen-bond donors (Lipinski definition) is 0. The Balaban J connectivity index is 1.59. The number of hydrogen-bond acceptors (Lipinski definition) is 3. The molecule has 2 saturated heterocycles. The summed E-state index contributed by atoms with van der Waals surface area (Å²) in [5.74, 6) is 0.884. The van der Waals surface area contributed by atoms with Crippen molar-refractivity contribution in [3.05, 3.63) is 35.9 Å². The molecule has 138 valence electrons. The van der Waals surface area contributed by atoms with Gasteiger partial charge in [-0.1, -0.05) is 44.2 Å². The predicted molar refractivity (Wildman–Crippen MR) is 102 cm³/mol.